The Bertz CT molecular complexity index is 1320. The number of aromatic nitrogens is 3. The molecule has 2 N–H and O–H groups in total. The van der Waals surface area contributed by atoms with E-state index in [0.717, 1.165) is 30.5 Å². The molecule has 0 atom stereocenters. The van der Waals surface area contributed by atoms with E-state index in [-0.39, 0.29) is 22.6 Å². The van der Waals surface area contributed by atoms with Crippen LogP contribution in [-0.4, -0.2) is 20.7 Å². The maximum Gasteiger partial charge on any atom is 0.262 e. The second-order valence-electron chi connectivity index (χ2n) is 7.11. The highest BCUT2D eigenvalue weighted by atomic mass is 19.1. The molecule has 0 radical (unpaired) electrons. The summed E-state index contributed by atoms with van der Waals surface area (Å²) in [5.74, 6) is -0.615. The number of hydrogen-bond acceptors (Lipinski definition) is 3. The van der Waals surface area contributed by atoms with Gasteiger partial charge in [0.2, 0.25) is 5.43 Å². The van der Waals surface area contributed by atoms with Crippen LogP contribution in [0.2, 0.25) is 0 Å². The van der Waals surface area contributed by atoms with Crippen LogP contribution in [0.5, 0.6) is 0 Å². The first kappa shape index (κ1) is 17.4. The maximum absolute atomic E-state index is 13.4. The molecule has 2 aromatic heterocycles. The van der Waals surface area contributed by atoms with Crippen molar-refractivity contribution in [1.82, 2.24) is 14.8 Å². The van der Waals surface area contributed by atoms with Crippen molar-refractivity contribution in [1.29, 1.82) is 0 Å². The molecule has 0 spiro atoms. The largest absolute Gasteiger partial charge is 0.346 e. The molecule has 1 aliphatic rings. The number of pyridine rings is 1. The maximum atomic E-state index is 13.4. The number of aryl methyl sites for hydroxylation is 2. The van der Waals surface area contributed by atoms with Crippen LogP contribution in [0.1, 0.15) is 22.3 Å². The molecule has 29 heavy (non-hydrogen) atoms. The molecular weight excluding hydrogens is 371 g/mol. The molecule has 7 heteroatoms. The fraction of sp³-hybridized carbons (Fsp3) is 0.136. The van der Waals surface area contributed by atoms with Gasteiger partial charge in [-0.1, -0.05) is 24.3 Å². The fourth-order valence-corrected chi connectivity index (χ4v) is 3.89. The van der Waals surface area contributed by atoms with Crippen LogP contribution in [0.15, 0.2) is 59.5 Å². The molecule has 0 saturated heterocycles. The number of hydrogen-bond donors (Lipinski definition) is 2. The van der Waals surface area contributed by atoms with Crippen LogP contribution in [-0.2, 0) is 13.0 Å². The molecule has 0 saturated carbocycles. The van der Waals surface area contributed by atoms with Gasteiger partial charge in [0.1, 0.15) is 11.4 Å². The van der Waals surface area contributed by atoms with Crippen molar-refractivity contribution in [3.63, 3.8) is 0 Å². The van der Waals surface area contributed by atoms with E-state index < -0.39 is 5.91 Å². The first-order valence-corrected chi connectivity index (χ1v) is 9.38. The number of carbonyl (C=O) groups excluding carboxylic acids is 1. The van der Waals surface area contributed by atoms with Crippen molar-refractivity contribution in [3.05, 3.63) is 81.9 Å². The lowest BCUT2D eigenvalue weighted by atomic mass is 10.00. The summed E-state index contributed by atoms with van der Waals surface area (Å²) >= 11 is 0. The smallest absolute Gasteiger partial charge is 0.262 e. The van der Waals surface area contributed by atoms with Gasteiger partial charge in [0.15, 0.2) is 5.82 Å². The molecule has 5 rings (SSSR count). The van der Waals surface area contributed by atoms with Gasteiger partial charge in [-0.3, -0.25) is 14.7 Å². The van der Waals surface area contributed by atoms with E-state index in [1.807, 2.05) is 16.7 Å². The zero-order valence-corrected chi connectivity index (χ0v) is 15.4. The van der Waals surface area contributed by atoms with Gasteiger partial charge in [-0.05, 0) is 36.6 Å². The number of benzene rings is 2. The lowest BCUT2D eigenvalue weighted by Crippen LogP contribution is -2.25. The minimum Gasteiger partial charge on any atom is -0.346 e. The van der Waals surface area contributed by atoms with E-state index >= 15 is 0 Å². The van der Waals surface area contributed by atoms with E-state index in [1.165, 1.54) is 12.1 Å². The fourth-order valence-electron chi connectivity index (χ4n) is 3.89. The number of nitrogens with one attached hydrogen (secondary N) is 2. The first-order chi connectivity index (χ1) is 14.1. The number of H-pyrrole nitrogens is 1. The molecular formula is C22H17FN4O2. The molecule has 6 nitrogen and oxygen atoms in total. The zero-order valence-electron chi connectivity index (χ0n) is 15.4. The number of amides is 1. The lowest BCUT2D eigenvalue weighted by Gasteiger charge is -2.20. The van der Waals surface area contributed by atoms with Gasteiger partial charge in [-0.25, -0.2) is 4.39 Å². The number of rotatable bonds is 3. The average Bonchev–Trinajstić information content (AvgIpc) is 3.19. The van der Waals surface area contributed by atoms with Crippen molar-refractivity contribution in [2.24, 2.45) is 0 Å². The van der Waals surface area contributed by atoms with E-state index in [0.29, 0.717) is 16.6 Å². The Hall–Kier alpha value is -3.74. The molecule has 0 unspecified atom stereocenters. The van der Waals surface area contributed by atoms with Gasteiger partial charge in [-0.2, -0.15) is 5.10 Å². The van der Waals surface area contributed by atoms with E-state index in [9.17, 15) is 14.0 Å². The third-order valence-electron chi connectivity index (χ3n) is 5.23. The minimum atomic E-state index is -0.520. The van der Waals surface area contributed by atoms with Crippen LogP contribution in [0.4, 0.5) is 10.2 Å². The molecule has 4 aromatic rings. The monoisotopic (exact) mass is 388 g/mol. The Balaban J connectivity index is 1.49. The van der Waals surface area contributed by atoms with Crippen molar-refractivity contribution < 1.29 is 9.18 Å². The SMILES string of the molecule is O=C(Nc1cc(-c2cccc(F)c2)[nH]n1)c1cn2c3c(cccc3c1=O)CCC2. The topological polar surface area (TPSA) is 79.8 Å². The van der Waals surface area contributed by atoms with Crippen molar-refractivity contribution in [2.75, 3.05) is 5.32 Å². The number of anilines is 1. The summed E-state index contributed by atoms with van der Waals surface area (Å²) in [4.78, 5) is 25.7. The third-order valence-corrected chi connectivity index (χ3v) is 5.23. The second kappa shape index (κ2) is 6.70. The molecule has 1 aliphatic heterocycles. The summed E-state index contributed by atoms with van der Waals surface area (Å²) in [5.41, 5.74) is 3.00. The highest BCUT2D eigenvalue weighted by Gasteiger charge is 2.20. The number of carbonyl (C=O) groups is 1. The predicted molar refractivity (Wildman–Crippen MR) is 108 cm³/mol. The molecule has 0 fully saturated rings. The van der Waals surface area contributed by atoms with Gasteiger partial charge in [0.05, 0.1) is 11.2 Å². The number of para-hydroxylation sites is 1. The number of halogens is 1. The summed E-state index contributed by atoms with van der Waals surface area (Å²) in [6, 6.07) is 13.3. The third kappa shape index (κ3) is 3.00. The van der Waals surface area contributed by atoms with Crippen LogP contribution in [0, 0.1) is 5.82 Å². The summed E-state index contributed by atoms with van der Waals surface area (Å²) < 4.78 is 15.4. The molecule has 144 valence electrons. The van der Waals surface area contributed by atoms with Gasteiger partial charge >= 0.3 is 0 Å². The predicted octanol–water partition coefficient (Wildman–Crippen LogP) is 3.73. The number of aromatic amines is 1. The lowest BCUT2D eigenvalue weighted by molar-refractivity contribution is 0.102. The molecule has 1 amide bonds. The standard InChI is InChI=1S/C22H17FN4O2/c23-15-7-1-5-14(10-15)18-11-19(26-25-18)24-22(29)17-12-27-9-3-6-13-4-2-8-16(20(13)27)21(17)28/h1-2,4-5,7-8,10-12H,3,6,9H2,(H2,24,25,26,29). The second-order valence-corrected chi connectivity index (χ2v) is 7.11. The Morgan fingerprint density at radius 2 is 2.03 bits per heavy atom. The summed E-state index contributed by atoms with van der Waals surface area (Å²) in [6.07, 6.45) is 3.52. The van der Waals surface area contributed by atoms with Gasteiger partial charge in [-0.15, -0.1) is 0 Å². The summed E-state index contributed by atoms with van der Waals surface area (Å²) in [5, 5.41) is 10.1. The van der Waals surface area contributed by atoms with Crippen LogP contribution >= 0.6 is 0 Å². The highest BCUT2D eigenvalue weighted by Crippen LogP contribution is 2.24. The Kier molecular flexibility index (Phi) is 4.01. The van der Waals surface area contributed by atoms with E-state index in [4.69, 9.17) is 0 Å². The first-order valence-electron chi connectivity index (χ1n) is 9.38. The van der Waals surface area contributed by atoms with Crippen molar-refractivity contribution in [3.8, 4) is 11.3 Å². The highest BCUT2D eigenvalue weighted by molar-refractivity contribution is 6.05. The minimum absolute atomic E-state index is 0.0758. The normalized spacial score (nSPS) is 12.9. The van der Waals surface area contributed by atoms with Crippen molar-refractivity contribution in [2.45, 2.75) is 19.4 Å². The van der Waals surface area contributed by atoms with Gasteiger partial charge in [0.25, 0.3) is 5.91 Å². The quantitative estimate of drug-likeness (QED) is 0.561. The summed E-state index contributed by atoms with van der Waals surface area (Å²) in [7, 11) is 0. The van der Waals surface area contributed by atoms with Crippen LogP contribution in [0.3, 0.4) is 0 Å². The Labute approximate surface area is 165 Å². The molecule has 0 bridgehead atoms. The Morgan fingerprint density at radius 3 is 2.90 bits per heavy atom. The van der Waals surface area contributed by atoms with Gasteiger partial charge < -0.3 is 9.88 Å². The molecule has 3 heterocycles. The van der Waals surface area contributed by atoms with Gasteiger partial charge in [0, 0.05) is 29.8 Å². The van der Waals surface area contributed by atoms with Crippen LogP contribution in [0.25, 0.3) is 22.2 Å². The van der Waals surface area contributed by atoms with Crippen molar-refractivity contribution >= 4 is 22.6 Å². The number of nitrogens with zero attached hydrogens (tertiary/aromatic N) is 2. The average molecular weight is 388 g/mol. The molecule has 2 aromatic carbocycles. The van der Waals surface area contributed by atoms with E-state index in [1.54, 1.807) is 30.5 Å². The van der Waals surface area contributed by atoms with Crippen LogP contribution < -0.4 is 10.7 Å². The summed E-state index contributed by atoms with van der Waals surface area (Å²) in [6.45, 7) is 0.764. The zero-order chi connectivity index (χ0) is 20.0. The van der Waals surface area contributed by atoms with E-state index in [2.05, 4.69) is 15.5 Å². The molecule has 0 aliphatic carbocycles. The Morgan fingerprint density at radius 1 is 1.17 bits per heavy atom.